The smallest absolute Gasteiger partial charge is 0.273 e. The number of barbiturate groups is 1. The lowest BCUT2D eigenvalue weighted by atomic mass is 10.0. The molecule has 7 heteroatoms. The molecule has 4 amide bonds. The van der Waals surface area contributed by atoms with Crippen molar-refractivity contribution < 1.29 is 14.4 Å². The molecule has 0 aliphatic carbocycles. The van der Waals surface area contributed by atoms with Gasteiger partial charge in [0.15, 0.2) is 0 Å². The average molecular weight is 428 g/mol. The Morgan fingerprint density at radius 2 is 1.50 bits per heavy atom. The molecule has 0 spiro atoms. The van der Waals surface area contributed by atoms with Gasteiger partial charge in [-0.2, -0.15) is 5.10 Å². The highest BCUT2D eigenvalue weighted by Gasteiger charge is 2.37. The molecule has 0 radical (unpaired) electrons. The number of hydrogen-bond acceptors (Lipinski definition) is 4. The van der Waals surface area contributed by atoms with Crippen LogP contribution in [0.1, 0.15) is 33.6 Å². The third-order valence-electron chi connectivity index (χ3n) is 5.76. The van der Waals surface area contributed by atoms with Crippen molar-refractivity contribution >= 4 is 29.6 Å². The SMILES string of the molecule is Cc1ccc(-n2nc(C)c(/C=C3\C(=O)NC(=O)N(c4ccc(C)c(C)c4)C3=O)c2C)cc1. The number of carbonyl (C=O) groups is 3. The molecule has 3 aromatic rings. The number of benzene rings is 2. The van der Waals surface area contributed by atoms with E-state index in [0.29, 0.717) is 16.9 Å². The van der Waals surface area contributed by atoms with E-state index in [1.165, 1.54) is 6.08 Å². The fourth-order valence-corrected chi connectivity index (χ4v) is 3.70. The third-order valence-corrected chi connectivity index (χ3v) is 5.76. The van der Waals surface area contributed by atoms with Crippen molar-refractivity contribution in [1.29, 1.82) is 0 Å². The number of nitrogens with one attached hydrogen (secondary N) is 1. The van der Waals surface area contributed by atoms with E-state index in [1.807, 2.05) is 65.0 Å². The molecule has 1 fully saturated rings. The summed E-state index contributed by atoms with van der Waals surface area (Å²) in [5.74, 6) is -1.38. The second-order valence-corrected chi connectivity index (χ2v) is 8.06. The Morgan fingerprint density at radius 1 is 0.844 bits per heavy atom. The number of amides is 4. The molecule has 32 heavy (non-hydrogen) atoms. The molecule has 0 atom stereocenters. The van der Waals surface area contributed by atoms with E-state index in [9.17, 15) is 14.4 Å². The van der Waals surface area contributed by atoms with Crippen molar-refractivity contribution in [2.45, 2.75) is 34.6 Å². The highest BCUT2D eigenvalue weighted by Crippen LogP contribution is 2.26. The number of rotatable bonds is 3. The maximum atomic E-state index is 13.2. The lowest BCUT2D eigenvalue weighted by Gasteiger charge is -2.26. The number of imide groups is 2. The van der Waals surface area contributed by atoms with Crippen LogP contribution in [0.4, 0.5) is 10.5 Å². The number of hydrogen-bond donors (Lipinski definition) is 1. The minimum Gasteiger partial charge on any atom is -0.273 e. The topological polar surface area (TPSA) is 84.3 Å². The van der Waals surface area contributed by atoms with Gasteiger partial charge in [0.1, 0.15) is 5.57 Å². The van der Waals surface area contributed by atoms with E-state index in [0.717, 1.165) is 33.0 Å². The normalized spacial score (nSPS) is 15.5. The average Bonchev–Trinajstić information content (AvgIpc) is 3.02. The molecular weight excluding hydrogens is 404 g/mol. The fourth-order valence-electron chi connectivity index (χ4n) is 3.70. The van der Waals surface area contributed by atoms with Crippen LogP contribution in [0.25, 0.3) is 11.8 Å². The van der Waals surface area contributed by atoms with Gasteiger partial charge in [0.05, 0.1) is 17.1 Å². The van der Waals surface area contributed by atoms with Gasteiger partial charge < -0.3 is 0 Å². The zero-order valence-electron chi connectivity index (χ0n) is 18.7. The Bertz CT molecular complexity index is 1300. The Labute approximate surface area is 186 Å². The van der Waals surface area contributed by atoms with Crippen LogP contribution in [0.3, 0.4) is 0 Å². The standard InChI is InChI=1S/C25H24N4O3/c1-14-6-9-19(10-7-14)29-18(5)21(17(4)27-29)13-22-23(30)26-25(32)28(24(22)31)20-11-8-15(2)16(3)12-20/h6-13H,1-5H3,(H,26,30,32)/b22-13+. The summed E-state index contributed by atoms with van der Waals surface area (Å²) >= 11 is 0. The van der Waals surface area contributed by atoms with Gasteiger partial charge in [0.2, 0.25) is 0 Å². The molecule has 0 saturated carbocycles. The third kappa shape index (κ3) is 3.62. The Hall–Kier alpha value is -4.00. The van der Waals surface area contributed by atoms with Crippen LogP contribution >= 0.6 is 0 Å². The summed E-state index contributed by atoms with van der Waals surface area (Å²) < 4.78 is 1.78. The van der Waals surface area contributed by atoms with Crippen molar-refractivity contribution in [3.63, 3.8) is 0 Å². The molecule has 1 aliphatic heterocycles. The first-order chi connectivity index (χ1) is 15.2. The lowest BCUT2D eigenvalue weighted by Crippen LogP contribution is -2.54. The van der Waals surface area contributed by atoms with Crippen molar-refractivity contribution in [3.8, 4) is 5.69 Å². The monoisotopic (exact) mass is 428 g/mol. The largest absolute Gasteiger partial charge is 0.335 e. The first-order valence-electron chi connectivity index (χ1n) is 10.3. The Kier molecular flexibility index (Phi) is 5.26. The molecule has 1 N–H and O–H groups in total. The molecule has 0 bridgehead atoms. The summed E-state index contributed by atoms with van der Waals surface area (Å²) in [5, 5.41) is 6.87. The van der Waals surface area contributed by atoms with Crippen LogP contribution in [-0.4, -0.2) is 27.6 Å². The molecule has 1 saturated heterocycles. The summed E-state index contributed by atoms with van der Waals surface area (Å²) in [6.07, 6.45) is 1.51. The number of nitrogens with zero attached hydrogens (tertiary/aromatic N) is 3. The van der Waals surface area contributed by atoms with Gasteiger partial charge >= 0.3 is 6.03 Å². The number of anilines is 1. The van der Waals surface area contributed by atoms with Crippen molar-refractivity contribution in [2.75, 3.05) is 4.90 Å². The Balaban J connectivity index is 1.77. The van der Waals surface area contributed by atoms with Gasteiger partial charge in [-0.05, 0) is 76.1 Å². The molecule has 1 aromatic heterocycles. The molecule has 4 rings (SSSR count). The molecule has 0 unspecified atom stereocenters. The first-order valence-corrected chi connectivity index (χ1v) is 10.3. The quantitative estimate of drug-likeness (QED) is 0.503. The van der Waals surface area contributed by atoms with Gasteiger partial charge in [-0.15, -0.1) is 0 Å². The summed E-state index contributed by atoms with van der Waals surface area (Å²) in [4.78, 5) is 39.3. The van der Waals surface area contributed by atoms with E-state index >= 15 is 0 Å². The highest BCUT2D eigenvalue weighted by atomic mass is 16.2. The number of carbonyl (C=O) groups excluding carboxylic acids is 3. The van der Waals surface area contributed by atoms with E-state index in [4.69, 9.17) is 0 Å². The summed E-state index contributed by atoms with van der Waals surface area (Å²) in [7, 11) is 0. The maximum absolute atomic E-state index is 13.2. The second kappa shape index (κ2) is 7.92. The minimum absolute atomic E-state index is 0.113. The predicted molar refractivity (Wildman–Crippen MR) is 123 cm³/mol. The van der Waals surface area contributed by atoms with Crippen molar-refractivity contribution in [1.82, 2.24) is 15.1 Å². The fraction of sp³-hybridized carbons (Fsp3) is 0.200. The minimum atomic E-state index is -0.760. The molecule has 1 aliphatic rings. The van der Waals surface area contributed by atoms with Gasteiger partial charge in [-0.25, -0.2) is 14.4 Å². The van der Waals surface area contributed by atoms with Gasteiger partial charge in [-0.3, -0.25) is 14.9 Å². The number of urea groups is 1. The van der Waals surface area contributed by atoms with Gasteiger partial charge in [0, 0.05) is 11.3 Å². The van der Waals surface area contributed by atoms with Gasteiger partial charge in [-0.1, -0.05) is 23.8 Å². The molecule has 7 nitrogen and oxygen atoms in total. The molecule has 162 valence electrons. The first kappa shape index (κ1) is 21.2. The zero-order valence-corrected chi connectivity index (χ0v) is 18.7. The van der Waals surface area contributed by atoms with Crippen LogP contribution in [0.15, 0.2) is 48.0 Å². The molecule has 2 heterocycles. The summed E-state index contributed by atoms with van der Waals surface area (Å²) in [5.41, 5.74) is 6.43. The molecular formula is C25H24N4O3. The maximum Gasteiger partial charge on any atom is 0.335 e. The predicted octanol–water partition coefficient (Wildman–Crippen LogP) is 4.08. The summed E-state index contributed by atoms with van der Waals surface area (Å²) in [6, 6.07) is 12.4. The summed E-state index contributed by atoms with van der Waals surface area (Å²) in [6.45, 7) is 9.56. The molecule has 2 aromatic carbocycles. The second-order valence-electron chi connectivity index (χ2n) is 8.06. The van der Waals surface area contributed by atoms with Crippen LogP contribution in [-0.2, 0) is 9.59 Å². The highest BCUT2D eigenvalue weighted by molar-refractivity contribution is 6.39. The van der Waals surface area contributed by atoms with E-state index in [2.05, 4.69) is 10.4 Å². The van der Waals surface area contributed by atoms with Gasteiger partial charge in [0.25, 0.3) is 11.8 Å². The van der Waals surface area contributed by atoms with Crippen LogP contribution in [0, 0.1) is 34.6 Å². The van der Waals surface area contributed by atoms with E-state index < -0.39 is 17.8 Å². The van der Waals surface area contributed by atoms with Crippen molar-refractivity contribution in [3.05, 3.63) is 81.7 Å². The number of aryl methyl sites for hydroxylation is 4. The van der Waals surface area contributed by atoms with E-state index in [1.54, 1.807) is 16.8 Å². The van der Waals surface area contributed by atoms with Crippen LogP contribution in [0.5, 0.6) is 0 Å². The van der Waals surface area contributed by atoms with Crippen LogP contribution < -0.4 is 10.2 Å². The number of aromatic nitrogens is 2. The van der Waals surface area contributed by atoms with Crippen molar-refractivity contribution in [2.24, 2.45) is 0 Å². The Morgan fingerprint density at radius 3 is 2.16 bits per heavy atom. The van der Waals surface area contributed by atoms with Crippen LogP contribution in [0.2, 0.25) is 0 Å². The zero-order chi connectivity index (χ0) is 23.2. The lowest BCUT2D eigenvalue weighted by molar-refractivity contribution is -0.122. The van der Waals surface area contributed by atoms with E-state index in [-0.39, 0.29) is 5.57 Å².